The van der Waals surface area contributed by atoms with E-state index in [2.05, 4.69) is 5.16 Å². The molecule has 2 aromatic rings. The van der Waals surface area contributed by atoms with Gasteiger partial charge in [0.2, 0.25) is 11.5 Å². The largest absolute Gasteiger partial charge is 0.496 e. The molecule has 0 bridgehead atoms. The van der Waals surface area contributed by atoms with Crippen molar-refractivity contribution in [3.63, 3.8) is 0 Å². The van der Waals surface area contributed by atoms with E-state index < -0.39 is 23.2 Å². The molecule has 0 saturated carbocycles. The Bertz CT molecular complexity index is 1120. The predicted molar refractivity (Wildman–Crippen MR) is 110 cm³/mol. The van der Waals surface area contributed by atoms with E-state index in [4.69, 9.17) is 30.6 Å². The van der Waals surface area contributed by atoms with E-state index >= 15 is 0 Å². The van der Waals surface area contributed by atoms with Crippen molar-refractivity contribution >= 4 is 34.8 Å². The van der Waals surface area contributed by atoms with Crippen molar-refractivity contribution in [2.24, 2.45) is 5.16 Å². The second-order valence-electron chi connectivity index (χ2n) is 7.02. The summed E-state index contributed by atoms with van der Waals surface area (Å²) in [6.07, 6.45) is -0.182. The first-order valence-corrected chi connectivity index (χ1v) is 9.59. The number of imide groups is 1. The monoisotopic (exact) mass is 448 g/mol. The van der Waals surface area contributed by atoms with Gasteiger partial charge in [0.25, 0.3) is 5.91 Å². The number of carbonyl (C=O) groups is 2. The Balaban J connectivity index is 1.65. The average Bonchev–Trinajstić information content (AvgIpc) is 3.29. The Kier molecular flexibility index (Phi) is 5.22. The molecule has 2 heterocycles. The number of ether oxygens (including phenoxy) is 3. The van der Waals surface area contributed by atoms with Crippen molar-refractivity contribution < 1.29 is 33.0 Å². The fourth-order valence-electron chi connectivity index (χ4n) is 3.69. The molecule has 2 aliphatic rings. The maximum absolute atomic E-state index is 13.5. The minimum Gasteiger partial charge on any atom is -0.496 e. The van der Waals surface area contributed by atoms with Gasteiger partial charge in [-0.2, -0.15) is 0 Å². The highest BCUT2D eigenvalue weighted by molar-refractivity contribution is 6.32. The normalized spacial score (nSPS) is 20.2. The number of hydrogen-bond donors (Lipinski definition) is 0. The zero-order valence-corrected chi connectivity index (χ0v) is 17.7. The van der Waals surface area contributed by atoms with Crippen LogP contribution in [0.25, 0.3) is 0 Å². The van der Waals surface area contributed by atoms with Gasteiger partial charge in [0, 0.05) is 18.1 Å². The molecule has 0 aliphatic carbocycles. The lowest BCUT2D eigenvalue weighted by atomic mass is 9.92. The van der Waals surface area contributed by atoms with Gasteiger partial charge in [0.05, 0.1) is 44.2 Å². The molecule has 1 saturated heterocycles. The average molecular weight is 449 g/mol. The Hall–Kier alpha value is -3.33. The summed E-state index contributed by atoms with van der Waals surface area (Å²) in [7, 11) is 4.48. The summed E-state index contributed by atoms with van der Waals surface area (Å²) in [5, 5.41) is 3.88. The molecule has 0 radical (unpaired) electrons. The van der Waals surface area contributed by atoms with E-state index in [9.17, 15) is 14.0 Å². The Labute approximate surface area is 182 Å². The first kappa shape index (κ1) is 20.9. The van der Waals surface area contributed by atoms with Crippen LogP contribution in [0.1, 0.15) is 18.4 Å². The lowest BCUT2D eigenvalue weighted by molar-refractivity contribution is -0.136. The van der Waals surface area contributed by atoms with E-state index in [1.807, 2.05) is 0 Å². The standard InChI is InChI=1S/C21H18ClFN2O6/c1-28-16-8-18(30-3)17(29-2)7-12(16)15-9-21(31-24-15)10-19(26)25(20(21)27)11-4-5-14(23)13(22)6-11/h4-8H,9-10H2,1-3H3/t21-/m0/s1. The molecule has 1 spiro atoms. The number of halogens is 2. The smallest absolute Gasteiger partial charge is 0.281 e. The third kappa shape index (κ3) is 3.34. The highest BCUT2D eigenvalue weighted by atomic mass is 35.5. The lowest BCUT2D eigenvalue weighted by Gasteiger charge is -2.20. The molecule has 0 unspecified atom stereocenters. The van der Waals surface area contributed by atoms with Crippen molar-refractivity contribution in [1.29, 1.82) is 0 Å². The number of benzene rings is 2. The quantitative estimate of drug-likeness (QED) is 0.652. The van der Waals surface area contributed by atoms with Crippen LogP contribution in [-0.2, 0) is 14.4 Å². The molecular weight excluding hydrogens is 431 g/mol. The molecule has 162 valence electrons. The Morgan fingerprint density at radius 3 is 2.35 bits per heavy atom. The molecule has 2 aliphatic heterocycles. The van der Waals surface area contributed by atoms with Crippen molar-refractivity contribution in [3.8, 4) is 17.2 Å². The first-order valence-electron chi connectivity index (χ1n) is 9.21. The number of nitrogens with zero attached hydrogens (tertiary/aromatic N) is 2. The summed E-state index contributed by atoms with van der Waals surface area (Å²) in [6.45, 7) is 0. The summed E-state index contributed by atoms with van der Waals surface area (Å²) in [6, 6.07) is 6.92. The van der Waals surface area contributed by atoms with Crippen LogP contribution in [0.3, 0.4) is 0 Å². The van der Waals surface area contributed by atoms with Crippen LogP contribution in [0.2, 0.25) is 5.02 Å². The predicted octanol–water partition coefficient (Wildman–Crippen LogP) is 3.33. The number of amides is 2. The minimum atomic E-state index is -1.49. The van der Waals surface area contributed by atoms with Crippen molar-refractivity contribution in [2.45, 2.75) is 18.4 Å². The maximum Gasteiger partial charge on any atom is 0.281 e. The van der Waals surface area contributed by atoms with Crippen LogP contribution >= 0.6 is 11.6 Å². The molecule has 1 fully saturated rings. The van der Waals surface area contributed by atoms with Gasteiger partial charge in [-0.05, 0) is 24.3 Å². The summed E-state index contributed by atoms with van der Waals surface area (Å²) in [5.41, 5.74) is -0.372. The zero-order chi connectivity index (χ0) is 22.3. The fraction of sp³-hybridized carbons (Fsp3) is 0.286. The van der Waals surface area contributed by atoms with Gasteiger partial charge >= 0.3 is 0 Å². The van der Waals surface area contributed by atoms with Crippen LogP contribution in [-0.4, -0.2) is 44.5 Å². The third-order valence-electron chi connectivity index (χ3n) is 5.24. The van der Waals surface area contributed by atoms with E-state index in [0.717, 1.165) is 11.0 Å². The topological polar surface area (TPSA) is 86.7 Å². The van der Waals surface area contributed by atoms with Gasteiger partial charge in [0.15, 0.2) is 11.5 Å². The molecule has 4 rings (SSSR count). The molecule has 0 aromatic heterocycles. The minimum absolute atomic E-state index is 0.0366. The third-order valence-corrected chi connectivity index (χ3v) is 5.53. The maximum atomic E-state index is 13.5. The van der Waals surface area contributed by atoms with Crippen molar-refractivity contribution in [3.05, 3.63) is 46.7 Å². The number of carbonyl (C=O) groups excluding carboxylic acids is 2. The van der Waals surface area contributed by atoms with Gasteiger partial charge in [-0.15, -0.1) is 0 Å². The van der Waals surface area contributed by atoms with Crippen LogP contribution in [0.15, 0.2) is 35.5 Å². The second-order valence-corrected chi connectivity index (χ2v) is 7.42. The number of anilines is 1. The van der Waals surface area contributed by atoms with Crippen LogP contribution in [0.5, 0.6) is 17.2 Å². The highest BCUT2D eigenvalue weighted by Crippen LogP contribution is 2.42. The SMILES string of the molecule is COc1cc(OC)c(C2=NO[C@]3(CC(=O)N(c4ccc(F)c(Cl)c4)C3=O)C2)cc1OC. The van der Waals surface area contributed by atoms with Crippen LogP contribution < -0.4 is 19.1 Å². The van der Waals surface area contributed by atoms with Gasteiger partial charge in [0.1, 0.15) is 11.6 Å². The summed E-state index contributed by atoms with van der Waals surface area (Å²) < 4.78 is 29.6. The number of oxime groups is 1. The highest BCUT2D eigenvalue weighted by Gasteiger charge is 2.58. The molecule has 2 amide bonds. The summed E-state index contributed by atoms with van der Waals surface area (Å²) in [4.78, 5) is 32.3. The van der Waals surface area contributed by atoms with Gasteiger partial charge < -0.3 is 19.0 Å². The van der Waals surface area contributed by atoms with Crippen LogP contribution in [0.4, 0.5) is 10.1 Å². The molecule has 10 heteroatoms. The molecule has 1 atom stereocenters. The second kappa shape index (κ2) is 7.73. The van der Waals surface area contributed by atoms with E-state index in [0.29, 0.717) is 28.5 Å². The fourth-order valence-corrected chi connectivity index (χ4v) is 3.86. The van der Waals surface area contributed by atoms with E-state index in [1.54, 1.807) is 12.1 Å². The summed E-state index contributed by atoms with van der Waals surface area (Å²) >= 11 is 5.81. The van der Waals surface area contributed by atoms with Crippen molar-refractivity contribution in [1.82, 2.24) is 0 Å². The van der Waals surface area contributed by atoms with Crippen molar-refractivity contribution in [2.75, 3.05) is 26.2 Å². The Morgan fingerprint density at radius 2 is 1.71 bits per heavy atom. The van der Waals surface area contributed by atoms with Gasteiger partial charge in [-0.25, -0.2) is 9.29 Å². The lowest BCUT2D eigenvalue weighted by Crippen LogP contribution is -2.40. The number of methoxy groups -OCH3 is 3. The van der Waals surface area contributed by atoms with E-state index in [-0.39, 0.29) is 23.6 Å². The molecule has 8 nitrogen and oxygen atoms in total. The van der Waals surface area contributed by atoms with E-state index in [1.165, 1.54) is 33.5 Å². The first-order chi connectivity index (χ1) is 14.8. The van der Waals surface area contributed by atoms with Gasteiger partial charge in [-0.1, -0.05) is 16.8 Å². The Morgan fingerprint density at radius 1 is 1.03 bits per heavy atom. The molecule has 2 aromatic carbocycles. The van der Waals surface area contributed by atoms with Gasteiger partial charge in [-0.3, -0.25) is 9.59 Å². The molecule has 0 N–H and O–H groups in total. The molecular formula is C21H18ClFN2O6. The number of rotatable bonds is 5. The number of hydrogen-bond acceptors (Lipinski definition) is 7. The van der Waals surface area contributed by atoms with Crippen LogP contribution in [0, 0.1) is 5.82 Å². The summed E-state index contributed by atoms with van der Waals surface area (Å²) in [5.74, 6) is -0.401. The zero-order valence-electron chi connectivity index (χ0n) is 16.9. The molecule has 31 heavy (non-hydrogen) atoms.